The summed E-state index contributed by atoms with van der Waals surface area (Å²) in [5, 5.41) is 3.34. The Bertz CT molecular complexity index is 1040. The predicted molar refractivity (Wildman–Crippen MR) is 105 cm³/mol. The molecule has 0 fully saturated rings. The van der Waals surface area contributed by atoms with Gasteiger partial charge in [-0.2, -0.15) is 0 Å². The first-order valence-corrected chi connectivity index (χ1v) is 9.12. The third-order valence-corrected chi connectivity index (χ3v) is 4.86. The highest BCUT2D eigenvalue weighted by Crippen LogP contribution is 2.28. The normalized spacial score (nSPS) is 13.0. The van der Waals surface area contributed by atoms with Crippen molar-refractivity contribution in [3.63, 3.8) is 0 Å². The molecule has 3 aromatic rings. The van der Waals surface area contributed by atoms with E-state index < -0.39 is 17.2 Å². The number of carbonyl (C=O) groups is 1. The van der Waals surface area contributed by atoms with E-state index in [1.807, 2.05) is 32.9 Å². The third-order valence-electron chi connectivity index (χ3n) is 4.55. The summed E-state index contributed by atoms with van der Waals surface area (Å²) >= 11 is 6.33. The van der Waals surface area contributed by atoms with Crippen LogP contribution in [0, 0.1) is 11.6 Å². The van der Waals surface area contributed by atoms with Crippen molar-refractivity contribution in [2.45, 2.75) is 38.9 Å². The highest BCUT2D eigenvalue weighted by Gasteiger charge is 2.20. The van der Waals surface area contributed by atoms with E-state index in [1.54, 1.807) is 6.07 Å². The maximum absolute atomic E-state index is 14.1. The van der Waals surface area contributed by atoms with E-state index in [0.717, 1.165) is 17.2 Å². The Labute approximate surface area is 166 Å². The van der Waals surface area contributed by atoms with Crippen LogP contribution in [-0.4, -0.2) is 15.5 Å². The zero-order chi connectivity index (χ0) is 20.6. The van der Waals surface area contributed by atoms with Crippen LogP contribution in [0.4, 0.5) is 8.78 Å². The molecule has 8 heteroatoms. The van der Waals surface area contributed by atoms with Crippen LogP contribution in [0.1, 0.15) is 37.9 Å². The fourth-order valence-corrected chi connectivity index (χ4v) is 3.50. The molecule has 3 rings (SSSR count). The lowest BCUT2D eigenvalue weighted by Gasteiger charge is -2.22. The van der Waals surface area contributed by atoms with Crippen LogP contribution in [0.15, 0.2) is 36.7 Å². The smallest absolute Gasteiger partial charge is 0.240 e. The molecule has 0 radical (unpaired) electrons. The largest absolute Gasteiger partial charge is 0.348 e. The summed E-state index contributed by atoms with van der Waals surface area (Å²) in [7, 11) is 0. The van der Waals surface area contributed by atoms with E-state index in [0.29, 0.717) is 5.02 Å². The van der Waals surface area contributed by atoms with Crippen molar-refractivity contribution in [1.82, 2.24) is 14.9 Å². The maximum Gasteiger partial charge on any atom is 0.240 e. The Balaban J connectivity index is 1.75. The van der Waals surface area contributed by atoms with Crippen LogP contribution < -0.4 is 11.1 Å². The Morgan fingerprint density at radius 1 is 1.32 bits per heavy atom. The topological polar surface area (TPSA) is 72.9 Å². The van der Waals surface area contributed by atoms with Gasteiger partial charge in [-0.25, -0.2) is 13.8 Å². The van der Waals surface area contributed by atoms with Crippen LogP contribution in [-0.2, 0) is 16.9 Å². The van der Waals surface area contributed by atoms with Gasteiger partial charge in [-0.15, -0.1) is 0 Å². The van der Waals surface area contributed by atoms with E-state index in [9.17, 15) is 13.6 Å². The lowest BCUT2D eigenvalue weighted by Crippen LogP contribution is -2.31. The monoisotopic (exact) mass is 406 g/mol. The summed E-state index contributed by atoms with van der Waals surface area (Å²) in [6, 6.07) is 7.49. The first-order chi connectivity index (χ1) is 13.1. The molecule has 5 nitrogen and oxygen atoms in total. The van der Waals surface area contributed by atoms with Crippen LogP contribution in [0.3, 0.4) is 0 Å². The Hall–Kier alpha value is -2.51. The predicted octanol–water partition coefficient (Wildman–Crippen LogP) is 4.04. The summed E-state index contributed by atoms with van der Waals surface area (Å²) < 4.78 is 28.8. The second kappa shape index (κ2) is 7.48. The molecule has 0 saturated heterocycles. The van der Waals surface area contributed by atoms with Gasteiger partial charge in [0.25, 0.3) is 0 Å². The molecule has 1 atom stereocenters. The number of hydrogen-bond acceptors (Lipinski definition) is 3. The summed E-state index contributed by atoms with van der Waals surface area (Å²) in [6.45, 7) is 5.33. The summed E-state index contributed by atoms with van der Waals surface area (Å²) in [4.78, 5) is 16.4. The number of imidazole rings is 1. The van der Waals surface area contributed by atoms with Crippen molar-refractivity contribution >= 4 is 28.5 Å². The second-order valence-corrected chi connectivity index (χ2v) is 7.76. The molecular formula is C20H21ClF2N4O. The van der Waals surface area contributed by atoms with Gasteiger partial charge < -0.3 is 15.6 Å². The summed E-state index contributed by atoms with van der Waals surface area (Å²) in [6.07, 6.45) is 1.31. The molecule has 148 valence electrons. The fraction of sp³-hybridized carbons (Fsp3) is 0.300. The number of nitrogens with zero attached hydrogens (tertiary/aromatic N) is 2. The summed E-state index contributed by atoms with van der Waals surface area (Å²) in [5.41, 5.74) is 7.36. The second-order valence-electron chi connectivity index (χ2n) is 7.35. The molecule has 1 unspecified atom stereocenters. The minimum Gasteiger partial charge on any atom is -0.348 e. The SMILES string of the molecule is CC(NC(=O)Cn1cnc2ccc(F)c(F)c21)c1ccc(C(C)(C)N)c(Cl)c1. The number of hydrogen-bond donors (Lipinski definition) is 2. The molecule has 1 aromatic heterocycles. The average molecular weight is 407 g/mol. The molecule has 0 aliphatic heterocycles. The number of fused-ring (bicyclic) bond motifs is 1. The number of aromatic nitrogens is 2. The van der Waals surface area contributed by atoms with E-state index in [-0.39, 0.29) is 29.5 Å². The van der Waals surface area contributed by atoms with E-state index in [2.05, 4.69) is 10.3 Å². The number of amides is 1. The number of carbonyl (C=O) groups excluding carboxylic acids is 1. The van der Waals surface area contributed by atoms with Crippen molar-refractivity contribution in [3.05, 3.63) is 64.4 Å². The van der Waals surface area contributed by atoms with E-state index in [1.165, 1.54) is 17.0 Å². The first kappa shape index (κ1) is 20.2. The zero-order valence-electron chi connectivity index (χ0n) is 15.8. The molecule has 0 aliphatic carbocycles. The quantitative estimate of drug-likeness (QED) is 0.671. The molecule has 0 spiro atoms. The highest BCUT2D eigenvalue weighted by atomic mass is 35.5. The lowest BCUT2D eigenvalue weighted by atomic mass is 9.93. The Morgan fingerprint density at radius 3 is 2.68 bits per heavy atom. The van der Waals surface area contributed by atoms with Crippen LogP contribution in [0.2, 0.25) is 5.02 Å². The standard InChI is InChI=1S/C20H21ClF2N4O/c1-11(12-4-5-13(14(21)8-12)20(2,3)24)26-17(28)9-27-10-25-16-7-6-15(22)18(23)19(16)27/h4-8,10-11H,9,24H2,1-3H3,(H,26,28). The van der Waals surface area contributed by atoms with Gasteiger partial charge in [-0.3, -0.25) is 4.79 Å². The molecule has 3 N–H and O–H groups in total. The van der Waals surface area contributed by atoms with Crippen LogP contribution in [0.25, 0.3) is 11.0 Å². The van der Waals surface area contributed by atoms with Crippen molar-refractivity contribution in [2.24, 2.45) is 5.73 Å². The number of halogens is 3. The molecule has 28 heavy (non-hydrogen) atoms. The molecule has 0 aliphatic rings. The van der Waals surface area contributed by atoms with Crippen molar-refractivity contribution in [3.8, 4) is 0 Å². The Kier molecular flexibility index (Phi) is 5.41. The average Bonchev–Trinajstić information content (AvgIpc) is 3.00. The van der Waals surface area contributed by atoms with Crippen LogP contribution in [0.5, 0.6) is 0 Å². The third kappa shape index (κ3) is 4.00. The molecule has 1 amide bonds. The molecule has 0 saturated carbocycles. The van der Waals surface area contributed by atoms with Crippen LogP contribution >= 0.6 is 11.6 Å². The van der Waals surface area contributed by atoms with Gasteiger partial charge in [0, 0.05) is 10.6 Å². The Morgan fingerprint density at radius 2 is 2.04 bits per heavy atom. The minimum atomic E-state index is -1.03. The van der Waals surface area contributed by atoms with Crippen molar-refractivity contribution in [2.75, 3.05) is 0 Å². The molecule has 0 bridgehead atoms. The number of benzene rings is 2. The van der Waals surface area contributed by atoms with Gasteiger partial charge in [0.05, 0.1) is 17.9 Å². The van der Waals surface area contributed by atoms with E-state index >= 15 is 0 Å². The van der Waals surface area contributed by atoms with Gasteiger partial charge in [-0.05, 0) is 50.1 Å². The van der Waals surface area contributed by atoms with Crippen molar-refractivity contribution < 1.29 is 13.6 Å². The highest BCUT2D eigenvalue weighted by molar-refractivity contribution is 6.31. The van der Waals surface area contributed by atoms with Gasteiger partial charge >= 0.3 is 0 Å². The maximum atomic E-state index is 14.1. The number of rotatable bonds is 5. The molecule has 1 heterocycles. The fourth-order valence-electron chi connectivity index (χ4n) is 3.07. The number of nitrogens with two attached hydrogens (primary N) is 1. The summed E-state index contributed by atoms with van der Waals surface area (Å²) in [5.74, 6) is -2.38. The molecular weight excluding hydrogens is 386 g/mol. The van der Waals surface area contributed by atoms with Gasteiger partial charge in [-0.1, -0.05) is 23.7 Å². The molecule has 2 aromatic carbocycles. The number of nitrogens with one attached hydrogen (secondary N) is 1. The van der Waals surface area contributed by atoms with Gasteiger partial charge in [0.15, 0.2) is 11.6 Å². The van der Waals surface area contributed by atoms with Gasteiger partial charge in [0.2, 0.25) is 5.91 Å². The zero-order valence-corrected chi connectivity index (χ0v) is 16.5. The minimum absolute atomic E-state index is 0.0413. The van der Waals surface area contributed by atoms with E-state index in [4.69, 9.17) is 17.3 Å². The first-order valence-electron chi connectivity index (χ1n) is 8.75. The lowest BCUT2D eigenvalue weighted by molar-refractivity contribution is -0.122. The van der Waals surface area contributed by atoms with Gasteiger partial charge in [0.1, 0.15) is 12.1 Å². The van der Waals surface area contributed by atoms with Crippen molar-refractivity contribution in [1.29, 1.82) is 0 Å².